The molecule has 2 heterocycles. The zero-order chi connectivity index (χ0) is 25.7. The number of anilines is 1. The molecule has 0 bridgehead atoms. The number of hydrogen-bond acceptors (Lipinski definition) is 6. The summed E-state index contributed by atoms with van der Waals surface area (Å²) in [7, 11) is 0. The van der Waals surface area contributed by atoms with Crippen molar-refractivity contribution in [2.75, 3.05) is 57.3 Å². The number of piperazine rings is 1. The highest BCUT2D eigenvalue weighted by Crippen LogP contribution is 2.31. The predicted octanol–water partition coefficient (Wildman–Crippen LogP) is 3.42. The number of ether oxygens (including phenoxy) is 1. The summed E-state index contributed by atoms with van der Waals surface area (Å²) in [5.41, 5.74) is 0.594. The Kier molecular flexibility index (Phi) is 10.4. The quantitative estimate of drug-likeness (QED) is 0.318. The van der Waals surface area contributed by atoms with E-state index in [-0.39, 0.29) is 42.3 Å². The molecule has 2 aliphatic heterocycles. The molecule has 3 aliphatic rings. The Morgan fingerprint density at radius 3 is 2.41 bits per heavy atom. The van der Waals surface area contributed by atoms with Crippen molar-refractivity contribution in [1.82, 2.24) is 15.1 Å². The van der Waals surface area contributed by atoms with E-state index in [1.54, 1.807) is 18.2 Å². The van der Waals surface area contributed by atoms with Gasteiger partial charge in [0.05, 0.1) is 11.6 Å². The summed E-state index contributed by atoms with van der Waals surface area (Å²) in [6, 6.07) is 7.08. The molecule has 1 unspecified atom stereocenters. The van der Waals surface area contributed by atoms with Gasteiger partial charge in [-0.15, -0.1) is 12.4 Å². The third-order valence-corrected chi connectivity index (χ3v) is 7.27. The highest BCUT2D eigenvalue weighted by atomic mass is 35.5. The summed E-state index contributed by atoms with van der Waals surface area (Å²) >= 11 is 0. The number of imide groups is 1. The first kappa shape index (κ1) is 29.4. The van der Waals surface area contributed by atoms with Crippen LogP contribution in [0.4, 0.5) is 23.2 Å². The molecule has 0 spiro atoms. The SMILES string of the molecule is Cl.O=C1CC(CNC2CCC2)C(=O)N1CCCN1CCN(c2ccccc2OCC(F)(F)C(F)F)CC1. The normalized spacial score (nSPS) is 21.4. The van der Waals surface area contributed by atoms with E-state index < -0.39 is 19.0 Å². The van der Waals surface area contributed by atoms with Crippen LogP contribution in [-0.2, 0) is 9.59 Å². The van der Waals surface area contributed by atoms with Gasteiger partial charge in [-0.2, -0.15) is 8.78 Å². The molecule has 3 fully saturated rings. The summed E-state index contributed by atoms with van der Waals surface area (Å²) in [6.45, 7) is 2.96. The molecule has 1 aliphatic carbocycles. The maximum Gasteiger partial charge on any atom is 0.340 e. The van der Waals surface area contributed by atoms with Crippen LogP contribution in [-0.4, -0.2) is 92.4 Å². The molecule has 1 N–H and O–H groups in total. The Hall–Kier alpha value is -2.11. The lowest BCUT2D eigenvalue weighted by molar-refractivity contribution is -0.148. The molecule has 0 aromatic heterocycles. The van der Waals surface area contributed by atoms with Gasteiger partial charge in [0.2, 0.25) is 11.8 Å². The highest BCUT2D eigenvalue weighted by Gasteiger charge is 2.42. The van der Waals surface area contributed by atoms with Gasteiger partial charge in [-0.3, -0.25) is 19.4 Å². The zero-order valence-corrected chi connectivity index (χ0v) is 21.5. The van der Waals surface area contributed by atoms with Crippen molar-refractivity contribution in [3.05, 3.63) is 24.3 Å². The van der Waals surface area contributed by atoms with Crippen LogP contribution >= 0.6 is 12.4 Å². The van der Waals surface area contributed by atoms with Crippen LogP contribution < -0.4 is 15.0 Å². The van der Waals surface area contributed by atoms with E-state index in [0.29, 0.717) is 57.4 Å². The molecule has 1 aromatic rings. The molecule has 0 radical (unpaired) electrons. The molecule has 208 valence electrons. The minimum absolute atomic E-state index is 0. The Bertz CT molecular complexity index is 914. The van der Waals surface area contributed by atoms with Crippen LogP contribution in [0, 0.1) is 5.92 Å². The standard InChI is InChI=1S/C25H34F4N4O3.ClH/c26-24(27)25(28,29)17-36-21-8-2-1-7-20(21)32-13-11-31(12-14-32)9-4-10-33-22(34)15-18(23(33)35)16-30-19-5-3-6-19;/h1-2,7-8,18-19,24,30H,3-6,9-17H2;1H. The Morgan fingerprint density at radius 2 is 1.76 bits per heavy atom. The molecule has 12 heteroatoms. The van der Waals surface area contributed by atoms with Gasteiger partial charge in [-0.25, -0.2) is 8.78 Å². The van der Waals surface area contributed by atoms with Gasteiger partial charge in [0.15, 0.2) is 6.61 Å². The number of rotatable bonds is 12. The topological polar surface area (TPSA) is 65.1 Å². The fraction of sp³-hybridized carbons (Fsp3) is 0.680. The number of alkyl halides is 4. The molecule has 7 nitrogen and oxygen atoms in total. The average molecular weight is 551 g/mol. The predicted molar refractivity (Wildman–Crippen MR) is 134 cm³/mol. The third-order valence-electron chi connectivity index (χ3n) is 7.27. The Balaban J connectivity index is 0.00000380. The molecular formula is C25H35ClF4N4O3. The van der Waals surface area contributed by atoms with Crippen LogP contribution in [0.25, 0.3) is 0 Å². The van der Waals surface area contributed by atoms with E-state index >= 15 is 0 Å². The summed E-state index contributed by atoms with van der Waals surface area (Å²) < 4.78 is 56.6. The maximum absolute atomic E-state index is 13.3. The van der Waals surface area contributed by atoms with E-state index in [1.807, 2.05) is 4.90 Å². The van der Waals surface area contributed by atoms with E-state index in [0.717, 1.165) is 19.4 Å². The minimum Gasteiger partial charge on any atom is -0.485 e. The minimum atomic E-state index is -4.21. The summed E-state index contributed by atoms with van der Waals surface area (Å²) in [6.07, 6.45) is 0.674. The molecule has 1 saturated carbocycles. The lowest BCUT2D eigenvalue weighted by Crippen LogP contribution is -2.47. The smallest absolute Gasteiger partial charge is 0.340 e. The first-order valence-electron chi connectivity index (χ1n) is 12.7. The lowest BCUT2D eigenvalue weighted by Gasteiger charge is -2.37. The van der Waals surface area contributed by atoms with Gasteiger partial charge in [-0.1, -0.05) is 18.6 Å². The summed E-state index contributed by atoms with van der Waals surface area (Å²) in [5.74, 6) is -4.50. The van der Waals surface area contributed by atoms with Crippen molar-refractivity contribution >= 4 is 29.9 Å². The monoisotopic (exact) mass is 550 g/mol. The molecule has 1 atom stereocenters. The van der Waals surface area contributed by atoms with Crippen molar-refractivity contribution < 1.29 is 31.9 Å². The van der Waals surface area contributed by atoms with Gasteiger partial charge in [-0.05, 0) is 37.9 Å². The van der Waals surface area contributed by atoms with E-state index in [2.05, 4.69) is 10.2 Å². The number of para-hydroxylation sites is 2. The molecular weight excluding hydrogens is 516 g/mol. The average Bonchev–Trinajstić information content (AvgIpc) is 3.10. The largest absolute Gasteiger partial charge is 0.485 e. The number of likely N-dealkylation sites (tertiary alicyclic amines) is 1. The highest BCUT2D eigenvalue weighted by molar-refractivity contribution is 6.03. The van der Waals surface area contributed by atoms with Crippen LogP contribution in [0.5, 0.6) is 5.75 Å². The van der Waals surface area contributed by atoms with Gasteiger partial charge < -0.3 is 15.0 Å². The second-order valence-corrected chi connectivity index (χ2v) is 9.82. The second kappa shape index (κ2) is 13.1. The zero-order valence-electron chi connectivity index (χ0n) is 20.7. The van der Waals surface area contributed by atoms with Crippen molar-refractivity contribution in [2.45, 2.75) is 50.5 Å². The second-order valence-electron chi connectivity index (χ2n) is 9.82. The van der Waals surface area contributed by atoms with Crippen LogP contribution in [0.1, 0.15) is 32.1 Å². The van der Waals surface area contributed by atoms with Crippen molar-refractivity contribution in [3.63, 3.8) is 0 Å². The third kappa shape index (κ3) is 7.48. The van der Waals surface area contributed by atoms with Crippen LogP contribution in [0.15, 0.2) is 24.3 Å². The Morgan fingerprint density at radius 1 is 1.05 bits per heavy atom. The van der Waals surface area contributed by atoms with Crippen molar-refractivity contribution in [1.29, 1.82) is 0 Å². The van der Waals surface area contributed by atoms with Gasteiger partial charge in [0.25, 0.3) is 0 Å². The lowest BCUT2D eigenvalue weighted by atomic mass is 9.92. The first-order valence-corrected chi connectivity index (χ1v) is 12.7. The summed E-state index contributed by atoms with van der Waals surface area (Å²) in [4.78, 5) is 30.6. The molecule has 4 rings (SSSR count). The summed E-state index contributed by atoms with van der Waals surface area (Å²) in [5, 5.41) is 3.39. The van der Waals surface area contributed by atoms with Gasteiger partial charge in [0.1, 0.15) is 5.75 Å². The Labute approximate surface area is 220 Å². The number of amides is 2. The molecule has 1 aromatic carbocycles. The van der Waals surface area contributed by atoms with E-state index in [9.17, 15) is 27.2 Å². The van der Waals surface area contributed by atoms with Crippen molar-refractivity contribution in [3.8, 4) is 5.75 Å². The maximum atomic E-state index is 13.3. The van der Waals surface area contributed by atoms with Crippen LogP contribution in [0.3, 0.4) is 0 Å². The fourth-order valence-electron chi connectivity index (χ4n) is 4.81. The van der Waals surface area contributed by atoms with E-state index in [1.165, 1.54) is 17.4 Å². The molecule has 37 heavy (non-hydrogen) atoms. The number of hydrogen-bond donors (Lipinski definition) is 1. The molecule has 2 saturated heterocycles. The first-order chi connectivity index (χ1) is 17.2. The number of nitrogens with zero attached hydrogens (tertiary/aromatic N) is 3. The van der Waals surface area contributed by atoms with Crippen LogP contribution in [0.2, 0.25) is 0 Å². The van der Waals surface area contributed by atoms with Crippen molar-refractivity contribution in [2.24, 2.45) is 5.92 Å². The number of benzene rings is 1. The number of carbonyl (C=O) groups is 2. The number of carbonyl (C=O) groups excluding carboxylic acids is 2. The van der Waals surface area contributed by atoms with Gasteiger partial charge in [0, 0.05) is 51.7 Å². The fourth-order valence-corrected chi connectivity index (χ4v) is 4.81. The number of halogens is 5. The van der Waals surface area contributed by atoms with Gasteiger partial charge >= 0.3 is 12.3 Å². The molecule has 2 amide bonds. The number of nitrogens with one attached hydrogen (secondary N) is 1. The van der Waals surface area contributed by atoms with E-state index in [4.69, 9.17) is 4.74 Å².